The van der Waals surface area contributed by atoms with Gasteiger partial charge in [0.1, 0.15) is 6.04 Å². The number of methoxy groups -OCH3 is 1. The van der Waals surface area contributed by atoms with E-state index in [0.29, 0.717) is 13.0 Å². The van der Waals surface area contributed by atoms with Gasteiger partial charge in [0.05, 0.1) is 6.10 Å². The summed E-state index contributed by atoms with van der Waals surface area (Å²) in [5.74, 6) is -0.978. The second kappa shape index (κ2) is 5.39. The average molecular weight is 254 g/mol. The molecule has 1 aliphatic carbocycles. The molecule has 2 N–H and O–H groups in total. The fourth-order valence-corrected chi connectivity index (χ4v) is 2.42. The Morgan fingerprint density at radius 2 is 2.06 bits per heavy atom. The predicted molar refractivity (Wildman–Crippen MR) is 64.2 cm³/mol. The van der Waals surface area contributed by atoms with Crippen LogP contribution in [0.1, 0.15) is 19.3 Å². The van der Waals surface area contributed by atoms with Crippen molar-refractivity contribution in [3.63, 3.8) is 0 Å². The van der Waals surface area contributed by atoms with Crippen LogP contribution in [0.2, 0.25) is 0 Å². The highest BCUT2D eigenvalue weighted by Gasteiger charge is 2.40. The Morgan fingerprint density at radius 1 is 1.39 bits per heavy atom. The van der Waals surface area contributed by atoms with Crippen molar-refractivity contribution < 1.29 is 19.4 Å². The van der Waals surface area contributed by atoms with Gasteiger partial charge >= 0.3 is 12.0 Å². The summed E-state index contributed by atoms with van der Waals surface area (Å²) in [6.45, 7) is 0.333. The van der Waals surface area contributed by atoms with E-state index in [1.807, 2.05) is 12.2 Å². The van der Waals surface area contributed by atoms with E-state index in [4.69, 9.17) is 9.84 Å². The van der Waals surface area contributed by atoms with Gasteiger partial charge in [0.2, 0.25) is 0 Å². The van der Waals surface area contributed by atoms with Crippen LogP contribution in [0.5, 0.6) is 0 Å². The number of carbonyl (C=O) groups excluding carboxylic acids is 1. The monoisotopic (exact) mass is 254 g/mol. The summed E-state index contributed by atoms with van der Waals surface area (Å²) >= 11 is 0. The Balaban J connectivity index is 1.96. The van der Waals surface area contributed by atoms with Gasteiger partial charge in [-0.3, -0.25) is 0 Å². The molecule has 1 aliphatic heterocycles. The predicted octanol–water partition coefficient (Wildman–Crippen LogP) is 0.588. The summed E-state index contributed by atoms with van der Waals surface area (Å²) in [5, 5.41) is 12.0. The number of urea groups is 1. The van der Waals surface area contributed by atoms with Gasteiger partial charge in [-0.15, -0.1) is 0 Å². The van der Waals surface area contributed by atoms with Crippen LogP contribution in [-0.2, 0) is 9.53 Å². The van der Waals surface area contributed by atoms with E-state index < -0.39 is 12.0 Å². The van der Waals surface area contributed by atoms with Crippen molar-refractivity contribution in [1.82, 2.24) is 10.2 Å². The number of carbonyl (C=O) groups is 2. The van der Waals surface area contributed by atoms with Crippen molar-refractivity contribution in [2.45, 2.75) is 37.5 Å². The first kappa shape index (κ1) is 12.9. The van der Waals surface area contributed by atoms with Crippen molar-refractivity contribution in [1.29, 1.82) is 0 Å². The van der Waals surface area contributed by atoms with Gasteiger partial charge in [-0.25, -0.2) is 9.59 Å². The summed E-state index contributed by atoms with van der Waals surface area (Å²) in [7, 11) is 1.53. The van der Waals surface area contributed by atoms with Gasteiger partial charge < -0.3 is 20.1 Å². The number of carboxylic acids is 1. The maximum absolute atomic E-state index is 12.0. The summed E-state index contributed by atoms with van der Waals surface area (Å²) in [6.07, 6.45) is 5.81. The lowest BCUT2D eigenvalue weighted by Gasteiger charge is -2.24. The minimum absolute atomic E-state index is 0.0912. The van der Waals surface area contributed by atoms with Crippen LogP contribution in [0, 0.1) is 0 Å². The number of nitrogens with one attached hydrogen (secondary N) is 1. The lowest BCUT2D eigenvalue weighted by molar-refractivity contribution is -0.141. The lowest BCUT2D eigenvalue weighted by Crippen LogP contribution is -2.48. The molecule has 0 saturated carbocycles. The summed E-state index contributed by atoms with van der Waals surface area (Å²) in [5.41, 5.74) is 0. The standard InChI is InChI=1S/C12H18N2O4/c1-18-9-6-10(11(15)16)14(7-9)12(17)13-8-4-2-3-5-8/h2-3,8-10H,4-7H2,1H3,(H,13,17)(H,15,16). The smallest absolute Gasteiger partial charge is 0.326 e. The van der Waals surface area contributed by atoms with Crippen molar-refractivity contribution in [2.24, 2.45) is 0 Å². The molecule has 0 bridgehead atoms. The SMILES string of the molecule is COC1CC(C(=O)O)N(C(=O)NC2CC=CC2)C1. The van der Waals surface area contributed by atoms with E-state index in [1.54, 1.807) is 0 Å². The number of rotatable bonds is 3. The molecule has 6 nitrogen and oxygen atoms in total. The zero-order valence-corrected chi connectivity index (χ0v) is 10.3. The Kier molecular flexibility index (Phi) is 3.86. The molecule has 2 rings (SSSR count). The minimum atomic E-state index is -0.978. The lowest BCUT2D eigenvalue weighted by atomic mass is 10.2. The zero-order chi connectivity index (χ0) is 13.1. The first-order chi connectivity index (χ1) is 8.61. The quantitative estimate of drug-likeness (QED) is 0.722. The van der Waals surface area contributed by atoms with E-state index in [0.717, 1.165) is 12.8 Å². The molecule has 0 aromatic carbocycles. The maximum atomic E-state index is 12.0. The highest BCUT2D eigenvalue weighted by molar-refractivity contribution is 5.83. The fourth-order valence-electron chi connectivity index (χ4n) is 2.42. The van der Waals surface area contributed by atoms with E-state index in [9.17, 15) is 9.59 Å². The van der Waals surface area contributed by atoms with Gasteiger partial charge in [0.15, 0.2) is 0 Å². The van der Waals surface area contributed by atoms with Crippen LogP contribution in [0.3, 0.4) is 0 Å². The number of nitrogens with zero attached hydrogens (tertiary/aromatic N) is 1. The van der Waals surface area contributed by atoms with Crippen LogP contribution >= 0.6 is 0 Å². The highest BCUT2D eigenvalue weighted by Crippen LogP contribution is 2.21. The first-order valence-corrected chi connectivity index (χ1v) is 6.09. The number of aliphatic carboxylic acids is 1. The van der Waals surface area contributed by atoms with Crippen molar-refractivity contribution in [3.8, 4) is 0 Å². The number of hydrogen-bond donors (Lipinski definition) is 2. The number of carboxylic acid groups (broad SMARTS) is 1. The Hall–Kier alpha value is -1.56. The minimum Gasteiger partial charge on any atom is -0.480 e. The normalized spacial score (nSPS) is 27.7. The summed E-state index contributed by atoms with van der Waals surface area (Å²) in [6, 6.07) is -1.01. The molecule has 18 heavy (non-hydrogen) atoms. The molecule has 0 aromatic heterocycles. The van der Waals surface area contributed by atoms with Crippen LogP contribution in [0.15, 0.2) is 12.2 Å². The molecule has 0 spiro atoms. The Morgan fingerprint density at radius 3 is 2.61 bits per heavy atom. The molecule has 0 radical (unpaired) electrons. The molecule has 0 aromatic rings. The maximum Gasteiger partial charge on any atom is 0.326 e. The number of hydrogen-bond acceptors (Lipinski definition) is 3. The molecule has 100 valence electrons. The molecular formula is C12H18N2O4. The fraction of sp³-hybridized carbons (Fsp3) is 0.667. The van der Waals surface area contributed by atoms with Gasteiger partial charge in [-0.2, -0.15) is 0 Å². The topological polar surface area (TPSA) is 78.9 Å². The summed E-state index contributed by atoms with van der Waals surface area (Å²) in [4.78, 5) is 24.5. The molecule has 2 atom stereocenters. The van der Waals surface area contributed by atoms with Crippen molar-refractivity contribution >= 4 is 12.0 Å². The van der Waals surface area contributed by atoms with E-state index in [-0.39, 0.29) is 18.2 Å². The van der Waals surface area contributed by atoms with Crippen LogP contribution in [0.4, 0.5) is 4.79 Å². The number of ether oxygens (including phenoxy) is 1. The van der Waals surface area contributed by atoms with Crippen molar-refractivity contribution in [2.75, 3.05) is 13.7 Å². The highest BCUT2D eigenvalue weighted by atomic mass is 16.5. The third-order valence-corrected chi connectivity index (χ3v) is 3.48. The van der Waals surface area contributed by atoms with Crippen LogP contribution < -0.4 is 5.32 Å². The first-order valence-electron chi connectivity index (χ1n) is 6.09. The van der Waals surface area contributed by atoms with E-state index >= 15 is 0 Å². The molecule has 1 fully saturated rings. The average Bonchev–Trinajstić information content (AvgIpc) is 2.96. The molecule has 6 heteroatoms. The second-order valence-electron chi connectivity index (χ2n) is 4.69. The number of likely N-dealkylation sites (tertiary alicyclic amines) is 1. The zero-order valence-electron chi connectivity index (χ0n) is 10.3. The van der Waals surface area contributed by atoms with E-state index in [1.165, 1.54) is 12.0 Å². The molecule has 2 amide bonds. The Labute approximate surface area is 106 Å². The van der Waals surface area contributed by atoms with Gasteiger partial charge in [0.25, 0.3) is 0 Å². The van der Waals surface area contributed by atoms with Gasteiger partial charge in [0, 0.05) is 26.1 Å². The van der Waals surface area contributed by atoms with E-state index in [2.05, 4.69) is 5.32 Å². The molecule has 2 unspecified atom stereocenters. The Bertz CT molecular complexity index is 361. The molecule has 2 aliphatic rings. The molecule has 1 heterocycles. The molecular weight excluding hydrogens is 236 g/mol. The summed E-state index contributed by atoms with van der Waals surface area (Å²) < 4.78 is 5.14. The van der Waals surface area contributed by atoms with Gasteiger partial charge in [-0.1, -0.05) is 12.2 Å². The number of amides is 2. The van der Waals surface area contributed by atoms with Gasteiger partial charge in [-0.05, 0) is 12.8 Å². The largest absolute Gasteiger partial charge is 0.480 e. The van der Waals surface area contributed by atoms with Crippen LogP contribution in [0.25, 0.3) is 0 Å². The third-order valence-electron chi connectivity index (χ3n) is 3.48. The second-order valence-corrected chi connectivity index (χ2v) is 4.69. The van der Waals surface area contributed by atoms with Crippen LogP contribution in [-0.4, -0.2) is 53.8 Å². The molecule has 1 saturated heterocycles. The van der Waals surface area contributed by atoms with Crippen molar-refractivity contribution in [3.05, 3.63) is 12.2 Å². The third kappa shape index (κ3) is 2.64.